The van der Waals surface area contributed by atoms with Crippen molar-refractivity contribution in [2.75, 3.05) is 17.7 Å². The van der Waals surface area contributed by atoms with E-state index in [0.29, 0.717) is 6.04 Å². The van der Waals surface area contributed by atoms with Crippen LogP contribution in [0.15, 0.2) is 18.3 Å². The summed E-state index contributed by atoms with van der Waals surface area (Å²) in [7, 11) is 2.04. The molecule has 0 saturated heterocycles. The van der Waals surface area contributed by atoms with Crippen LogP contribution in [0.5, 0.6) is 0 Å². The molecule has 0 aromatic carbocycles. The van der Waals surface area contributed by atoms with Crippen molar-refractivity contribution in [2.24, 2.45) is 0 Å². The van der Waals surface area contributed by atoms with Gasteiger partial charge in [0.2, 0.25) is 5.95 Å². The Morgan fingerprint density at radius 3 is 3.07 bits per heavy atom. The Kier molecular flexibility index (Phi) is 1.62. The number of nitrogens with zero attached hydrogens (tertiary/aromatic N) is 4. The minimum Gasteiger partial charge on any atom is -0.399 e. The lowest BCUT2D eigenvalue weighted by molar-refractivity contribution is 0.847. The second-order valence-electron chi connectivity index (χ2n) is 4.02. The molecule has 1 aliphatic rings. The summed E-state index contributed by atoms with van der Waals surface area (Å²) in [6, 6.07) is 4.28. The molecule has 78 valence electrons. The highest BCUT2D eigenvalue weighted by atomic mass is 15.4. The second kappa shape index (κ2) is 2.85. The number of nitrogen functional groups attached to an aromatic ring is 1. The van der Waals surface area contributed by atoms with Gasteiger partial charge in [-0.1, -0.05) is 0 Å². The maximum absolute atomic E-state index is 5.69. The predicted octanol–water partition coefficient (Wildman–Crippen LogP) is 0.910. The summed E-state index contributed by atoms with van der Waals surface area (Å²) < 4.78 is 1.75. The Labute approximate surface area is 87.5 Å². The van der Waals surface area contributed by atoms with E-state index in [4.69, 9.17) is 5.73 Å². The van der Waals surface area contributed by atoms with E-state index in [9.17, 15) is 0 Å². The molecule has 0 aliphatic heterocycles. The Morgan fingerprint density at radius 1 is 1.53 bits per heavy atom. The second-order valence-corrected chi connectivity index (χ2v) is 4.02. The molecular weight excluding hydrogens is 190 g/mol. The van der Waals surface area contributed by atoms with Gasteiger partial charge < -0.3 is 10.6 Å². The van der Waals surface area contributed by atoms with Crippen LogP contribution in [-0.4, -0.2) is 27.7 Å². The van der Waals surface area contributed by atoms with Crippen LogP contribution in [-0.2, 0) is 0 Å². The molecular formula is C10H13N5. The summed E-state index contributed by atoms with van der Waals surface area (Å²) in [5.74, 6) is 0.781. The maximum Gasteiger partial charge on any atom is 0.245 e. The Bertz CT molecular complexity index is 499. The van der Waals surface area contributed by atoms with Crippen LogP contribution < -0.4 is 10.6 Å². The predicted molar refractivity (Wildman–Crippen MR) is 58.8 cm³/mol. The number of pyridine rings is 1. The average molecular weight is 203 g/mol. The van der Waals surface area contributed by atoms with Crippen LogP contribution in [0.2, 0.25) is 0 Å². The zero-order valence-corrected chi connectivity index (χ0v) is 8.59. The van der Waals surface area contributed by atoms with Crippen LogP contribution in [0.25, 0.3) is 5.65 Å². The number of anilines is 2. The molecule has 2 aromatic rings. The van der Waals surface area contributed by atoms with Gasteiger partial charge in [-0.25, -0.2) is 4.52 Å². The number of hydrogen-bond donors (Lipinski definition) is 1. The minimum absolute atomic E-state index is 0.625. The van der Waals surface area contributed by atoms with Crippen molar-refractivity contribution in [3.63, 3.8) is 0 Å². The van der Waals surface area contributed by atoms with Crippen LogP contribution in [0.3, 0.4) is 0 Å². The number of hydrogen-bond acceptors (Lipinski definition) is 4. The van der Waals surface area contributed by atoms with Gasteiger partial charge in [-0.15, -0.1) is 5.10 Å². The summed E-state index contributed by atoms with van der Waals surface area (Å²) >= 11 is 0. The van der Waals surface area contributed by atoms with Gasteiger partial charge in [0.25, 0.3) is 0 Å². The first-order valence-electron chi connectivity index (χ1n) is 5.09. The van der Waals surface area contributed by atoms with Gasteiger partial charge in [-0.05, 0) is 18.9 Å². The molecule has 15 heavy (non-hydrogen) atoms. The van der Waals surface area contributed by atoms with Gasteiger partial charge in [0.05, 0.1) is 0 Å². The lowest BCUT2D eigenvalue weighted by Crippen LogP contribution is -2.20. The molecule has 0 unspecified atom stereocenters. The van der Waals surface area contributed by atoms with Crippen molar-refractivity contribution < 1.29 is 0 Å². The normalized spacial score (nSPS) is 15.8. The van der Waals surface area contributed by atoms with Crippen LogP contribution in [0.1, 0.15) is 12.8 Å². The number of fused-ring (bicyclic) bond motifs is 1. The molecule has 2 N–H and O–H groups in total. The van der Waals surface area contributed by atoms with Gasteiger partial charge in [0.15, 0.2) is 5.65 Å². The van der Waals surface area contributed by atoms with E-state index in [1.807, 2.05) is 25.4 Å². The number of aromatic nitrogens is 3. The smallest absolute Gasteiger partial charge is 0.245 e. The fourth-order valence-corrected chi connectivity index (χ4v) is 1.66. The van der Waals surface area contributed by atoms with Crippen LogP contribution in [0.4, 0.5) is 11.6 Å². The minimum atomic E-state index is 0.625. The average Bonchev–Trinajstić information content (AvgIpc) is 2.97. The first-order chi connectivity index (χ1) is 7.24. The zero-order chi connectivity index (χ0) is 10.4. The summed E-state index contributed by atoms with van der Waals surface area (Å²) in [4.78, 5) is 6.56. The largest absolute Gasteiger partial charge is 0.399 e. The monoisotopic (exact) mass is 203 g/mol. The van der Waals surface area contributed by atoms with Crippen molar-refractivity contribution in [3.05, 3.63) is 18.3 Å². The van der Waals surface area contributed by atoms with Crippen molar-refractivity contribution >= 4 is 17.3 Å². The quantitative estimate of drug-likeness (QED) is 0.788. The molecule has 2 aromatic heterocycles. The van der Waals surface area contributed by atoms with Crippen LogP contribution in [0, 0.1) is 0 Å². The van der Waals surface area contributed by atoms with Crippen molar-refractivity contribution in [2.45, 2.75) is 18.9 Å². The highest BCUT2D eigenvalue weighted by Crippen LogP contribution is 2.28. The van der Waals surface area contributed by atoms with Crippen molar-refractivity contribution in [3.8, 4) is 0 Å². The third kappa shape index (κ3) is 1.40. The van der Waals surface area contributed by atoms with E-state index >= 15 is 0 Å². The number of rotatable bonds is 2. The summed E-state index contributed by atoms with van der Waals surface area (Å²) in [5, 5.41) is 4.39. The van der Waals surface area contributed by atoms with Gasteiger partial charge in [0.1, 0.15) is 0 Å². The van der Waals surface area contributed by atoms with E-state index in [0.717, 1.165) is 17.3 Å². The van der Waals surface area contributed by atoms with Crippen molar-refractivity contribution in [1.82, 2.24) is 14.6 Å². The summed E-state index contributed by atoms with van der Waals surface area (Å²) in [6.07, 6.45) is 4.32. The molecule has 1 aliphatic carbocycles. The highest BCUT2D eigenvalue weighted by molar-refractivity contribution is 5.53. The molecule has 5 heteroatoms. The van der Waals surface area contributed by atoms with Crippen molar-refractivity contribution in [1.29, 1.82) is 0 Å². The SMILES string of the molecule is CN(c1nc2cc(N)ccn2n1)C1CC1. The molecule has 1 fully saturated rings. The van der Waals surface area contributed by atoms with E-state index in [-0.39, 0.29) is 0 Å². The standard InChI is InChI=1S/C10H13N5/c1-14(8-2-3-8)10-12-9-6-7(11)4-5-15(9)13-10/h4-6,8H,2-3,11H2,1H3. The zero-order valence-electron chi connectivity index (χ0n) is 8.59. The molecule has 1 saturated carbocycles. The maximum atomic E-state index is 5.69. The van der Waals surface area contributed by atoms with E-state index in [2.05, 4.69) is 15.0 Å². The molecule has 0 radical (unpaired) electrons. The molecule has 0 amide bonds. The topological polar surface area (TPSA) is 59.5 Å². The van der Waals surface area contributed by atoms with Gasteiger partial charge in [0, 0.05) is 31.0 Å². The Balaban J connectivity index is 2.05. The molecule has 2 heterocycles. The highest BCUT2D eigenvalue weighted by Gasteiger charge is 2.28. The summed E-state index contributed by atoms with van der Waals surface area (Å²) in [6.45, 7) is 0. The third-order valence-corrected chi connectivity index (χ3v) is 2.76. The Hall–Kier alpha value is -1.78. The van der Waals surface area contributed by atoms with Gasteiger partial charge >= 0.3 is 0 Å². The molecule has 3 rings (SSSR count). The first kappa shape index (κ1) is 8.52. The molecule has 0 atom stereocenters. The fraction of sp³-hybridized carbons (Fsp3) is 0.400. The van der Waals surface area contributed by atoms with E-state index in [1.165, 1.54) is 12.8 Å². The summed E-state index contributed by atoms with van der Waals surface area (Å²) in [5.41, 5.74) is 7.21. The fourth-order valence-electron chi connectivity index (χ4n) is 1.66. The van der Waals surface area contributed by atoms with E-state index < -0.39 is 0 Å². The Morgan fingerprint density at radius 2 is 2.33 bits per heavy atom. The van der Waals surface area contributed by atoms with E-state index in [1.54, 1.807) is 4.52 Å². The van der Waals surface area contributed by atoms with Crippen LogP contribution >= 0.6 is 0 Å². The molecule has 0 bridgehead atoms. The van der Waals surface area contributed by atoms with Gasteiger partial charge in [-0.2, -0.15) is 4.98 Å². The lowest BCUT2D eigenvalue weighted by atomic mass is 10.4. The first-order valence-corrected chi connectivity index (χ1v) is 5.09. The third-order valence-electron chi connectivity index (χ3n) is 2.76. The van der Waals surface area contributed by atoms with Gasteiger partial charge in [-0.3, -0.25) is 0 Å². The molecule has 0 spiro atoms. The number of nitrogens with two attached hydrogens (primary N) is 1. The lowest BCUT2D eigenvalue weighted by Gasteiger charge is -2.11. The molecule has 5 nitrogen and oxygen atoms in total.